The van der Waals surface area contributed by atoms with Crippen LogP contribution in [0, 0.1) is 0 Å². The van der Waals surface area contributed by atoms with E-state index in [2.05, 4.69) is 8.85 Å². The molecule has 0 aliphatic rings. The molecular weight excluding hydrogens is 189 g/mol. The summed E-state index contributed by atoms with van der Waals surface area (Å²) < 4.78 is 46.1. The average molecular weight is 202 g/mol. The molecule has 0 radical (unpaired) electrons. The third kappa shape index (κ3) is 2.76. The number of hydrogen-bond donors (Lipinski definition) is 0. The van der Waals surface area contributed by atoms with Crippen LogP contribution < -0.4 is 0 Å². The summed E-state index contributed by atoms with van der Waals surface area (Å²) in [7, 11) is -3.95. The Labute approximate surface area is 70.9 Å². The highest BCUT2D eigenvalue weighted by Gasteiger charge is 2.58. The van der Waals surface area contributed by atoms with Crippen LogP contribution in [0.3, 0.4) is 0 Å². The summed E-state index contributed by atoms with van der Waals surface area (Å²) in [5, 5.41) is 0. The van der Waals surface area contributed by atoms with Gasteiger partial charge in [-0.15, -0.1) is 0 Å². The summed E-state index contributed by atoms with van der Waals surface area (Å²) in [5.74, 6) is -4.35. The molecule has 0 heterocycles. The maximum atomic E-state index is 12.3. The summed E-state index contributed by atoms with van der Waals surface area (Å²) in [6, 6.07) is 0. The molecule has 0 aromatic rings. The minimum atomic E-state index is -4.35. The topological polar surface area (TPSA) is 18.5 Å². The molecule has 6 heteroatoms. The average Bonchev–Trinajstić information content (AvgIpc) is 1.86. The molecule has 12 heavy (non-hydrogen) atoms. The van der Waals surface area contributed by atoms with Gasteiger partial charge in [-0.1, -0.05) is 0 Å². The Bertz CT molecular complexity index is 131. The summed E-state index contributed by atoms with van der Waals surface area (Å²) in [6.07, 6.45) is 0. The Morgan fingerprint density at radius 2 is 1.42 bits per heavy atom. The molecule has 0 amide bonds. The lowest BCUT2D eigenvalue weighted by molar-refractivity contribution is -0.0971. The molecular formula is C6H13F3O2Si. The van der Waals surface area contributed by atoms with Crippen molar-refractivity contribution in [3.63, 3.8) is 0 Å². The summed E-state index contributed by atoms with van der Waals surface area (Å²) in [6.45, 7) is 4.12. The van der Waals surface area contributed by atoms with Crippen LogP contribution in [0.5, 0.6) is 0 Å². The Morgan fingerprint density at radius 3 is 1.58 bits per heavy atom. The van der Waals surface area contributed by atoms with Gasteiger partial charge in [-0.3, -0.25) is 0 Å². The molecule has 0 spiro atoms. The van der Waals surface area contributed by atoms with Crippen molar-refractivity contribution in [2.24, 2.45) is 0 Å². The lowest BCUT2D eigenvalue weighted by atomic mass is 10.9. The van der Waals surface area contributed by atoms with Crippen LogP contribution in [0.15, 0.2) is 0 Å². The largest absolute Gasteiger partial charge is 0.455 e. The Balaban J connectivity index is 4.38. The van der Waals surface area contributed by atoms with E-state index < -0.39 is 14.4 Å². The third-order valence-corrected chi connectivity index (χ3v) is 4.06. The number of rotatable bonds is 4. The fraction of sp³-hybridized carbons (Fsp3) is 1.00. The molecule has 2 nitrogen and oxygen atoms in total. The Morgan fingerprint density at radius 1 is 1.08 bits per heavy atom. The molecule has 0 unspecified atom stereocenters. The van der Waals surface area contributed by atoms with E-state index in [0.717, 1.165) is 6.55 Å². The zero-order chi connectivity index (χ0) is 9.83. The lowest BCUT2D eigenvalue weighted by Crippen LogP contribution is -2.53. The van der Waals surface area contributed by atoms with E-state index in [0.29, 0.717) is 0 Å². The smallest absolute Gasteiger partial charge is 0.389 e. The van der Waals surface area contributed by atoms with Crippen molar-refractivity contribution in [3.05, 3.63) is 0 Å². The fourth-order valence-electron chi connectivity index (χ4n) is 0.756. The van der Waals surface area contributed by atoms with E-state index in [9.17, 15) is 13.2 Å². The van der Waals surface area contributed by atoms with Gasteiger partial charge in [0, 0.05) is 13.2 Å². The molecule has 0 bridgehead atoms. The van der Waals surface area contributed by atoms with Crippen molar-refractivity contribution >= 4 is 8.56 Å². The molecule has 74 valence electrons. The molecule has 0 saturated carbocycles. The van der Waals surface area contributed by atoms with Crippen molar-refractivity contribution in [2.75, 3.05) is 13.2 Å². The number of hydrogen-bond acceptors (Lipinski definition) is 2. The van der Waals surface area contributed by atoms with E-state index in [1.165, 1.54) is 13.8 Å². The highest BCUT2D eigenvalue weighted by molar-refractivity contribution is 6.68. The monoisotopic (exact) mass is 202 g/mol. The van der Waals surface area contributed by atoms with Gasteiger partial charge in [0.05, 0.1) is 0 Å². The molecule has 0 N–H and O–H groups in total. The molecule has 0 atom stereocenters. The molecule has 0 aromatic carbocycles. The van der Waals surface area contributed by atoms with Crippen LogP contribution >= 0.6 is 0 Å². The quantitative estimate of drug-likeness (QED) is 0.651. The van der Waals surface area contributed by atoms with Gasteiger partial charge >= 0.3 is 14.4 Å². The molecule has 0 aromatic heterocycles. The highest BCUT2D eigenvalue weighted by Crippen LogP contribution is 2.30. The van der Waals surface area contributed by atoms with Gasteiger partial charge in [-0.25, -0.2) is 0 Å². The fourth-order valence-corrected chi connectivity index (χ4v) is 2.27. The van der Waals surface area contributed by atoms with Crippen molar-refractivity contribution in [3.8, 4) is 0 Å². The van der Waals surface area contributed by atoms with Crippen molar-refractivity contribution < 1.29 is 22.0 Å². The highest BCUT2D eigenvalue weighted by atomic mass is 28.4. The van der Waals surface area contributed by atoms with Gasteiger partial charge in [-0.2, -0.15) is 13.2 Å². The van der Waals surface area contributed by atoms with Gasteiger partial charge in [-0.05, 0) is 20.4 Å². The third-order valence-electron chi connectivity index (χ3n) is 1.35. The van der Waals surface area contributed by atoms with Crippen LogP contribution in [0.1, 0.15) is 13.8 Å². The van der Waals surface area contributed by atoms with E-state index in [4.69, 9.17) is 0 Å². The first kappa shape index (κ1) is 11.9. The van der Waals surface area contributed by atoms with Gasteiger partial charge in [0.2, 0.25) is 0 Å². The van der Waals surface area contributed by atoms with E-state index >= 15 is 0 Å². The predicted octanol–water partition coefficient (Wildman–Crippen LogP) is 2.23. The second-order valence-electron chi connectivity index (χ2n) is 2.31. The summed E-state index contributed by atoms with van der Waals surface area (Å²) in [5.41, 5.74) is 0. The predicted molar refractivity (Wildman–Crippen MR) is 40.9 cm³/mol. The van der Waals surface area contributed by atoms with Gasteiger partial charge in [0.15, 0.2) is 0 Å². The SMILES string of the molecule is CCO[Si](C)(OCC)C(F)(F)F. The lowest BCUT2D eigenvalue weighted by Gasteiger charge is -2.27. The molecule has 0 aliphatic heterocycles. The second kappa shape index (κ2) is 4.24. The second-order valence-corrected chi connectivity index (χ2v) is 5.35. The minimum absolute atomic E-state index is 0.0300. The Hall–Kier alpha value is -0.0731. The van der Waals surface area contributed by atoms with Crippen LogP contribution in [-0.2, 0) is 8.85 Å². The normalized spacial score (nSPS) is 13.5. The van der Waals surface area contributed by atoms with Crippen LogP contribution in [0.2, 0.25) is 6.55 Å². The zero-order valence-corrected chi connectivity index (χ0v) is 8.36. The maximum Gasteiger partial charge on any atom is 0.455 e. The van der Waals surface area contributed by atoms with E-state index in [-0.39, 0.29) is 13.2 Å². The molecule has 0 saturated heterocycles. The number of halogens is 3. The van der Waals surface area contributed by atoms with E-state index in [1.54, 1.807) is 0 Å². The van der Waals surface area contributed by atoms with Crippen molar-refractivity contribution in [1.82, 2.24) is 0 Å². The zero-order valence-electron chi connectivity index (χ0n) is 7.36. The van der Waals surface area contributed by atoms with Gasteiger partial charge < -0.3 is 8.85 Å². The summed E-state index contributed by atoms with van der Waals surface area (Å²) in [4.78, 5) is 0. The standard InChI is InChI=1S/C6H13F3O2Si/c1-4-10-12(3,11-5-2)6(7,8)9/h4-5H2,1-3H3. The van der Waals surface area contributed by atoms with Crippen LogP contribution in [-0.4, -0.2) is 27.6 Å². The van der Waals surface area contributed by atoms with Crippen LogP contribution in [0.25, 0.3) is 0 Å². The van der Waals surface area contributed by atoms with E-state index in [1.807, 2.05) is 0 Å². The number of alkyl halides is 3. The summed E-state index contributed by atoms with van der Waals surface area (Å²) >= 11 is 0. The first-order chi connectivity index (χ1) is 5.37. The first-order valence-corrected chi connectivity index (χ1v) is 6.03. The molecule has 0 rings (SSSR count). The first-order valence-electron chi connectivity index (χ1n) is 3.72. The Kier molecular flexibility index (Phi) is 4.22. The van der Waals surface area contributed by atoms with Crippen molar-refractivity contribution in [1.29, 1.82) is 0 Å². The van der Waals surface area contributed by atoms with Crippen molar-refractivity contribution in [2.45, 2.75) is 26.2 Å². The molecule has 0 aliphatic carbocycles. The molecule has 0 fully saturated rings. The maximum absolute atomic E-state index is 12.3. The van der Waals surface area contributed by atoms with Gasteiger partial charge in [0.1, 0.15) is 0 Å². The minimum Gasteiger partial charge on any atom is -0.389 e. The van der Waals surface area contributed by atoms with Gasteiger partial charge in [0.25, 0.3) is 0 Å². The van der Waals surface area contributed by atoms with Crippen LogP contribution in [0.4, 0.5) is 13.2 Å².